The van der Waals surface area contributed by atoms with Crippen LogP contribution < -0.4 is 0 Å². The molecule has 1 atom stereocenters. The van der Waals surface area contributed by atoms with Crippen LogP contribution in [0.4, 0.5) is 0 Å². The topological polar surface area (TPSA) is 55.1 Å². The van der Waals surface area contributed by atoms with Crippen LogP contribution in [-0.4, -0.2) is 18.9 Å². The molecule has 3 rings (SSSR count). The summed E-state index contributed by atoms with van der Waals surface area (Å²) in [6, 6.07) is 16.5. The fourth-order valence-electron chi connectivity index (χ4n) is 2.20. The van der Waals surface area contributed by atoms with E-state index in [4.69, 9.17) is 0 Å². The number of hydrogen-bond acceptors (Lipinski definition) is 3. The lowest BCUT2D eigenvalue weighted by Crippen LogP contribution is -2.07. The van der Waals surface area contributed by atoms with Crippen LogP contribution in [0.5, 0.6) is 5.75 Å². The highest BCUT2D eigenvalue weighted by Crippen LogP contribution is 2.16. The normalized spacial score (nSPS) is 12.2. The molecule has 0 radical (unpaired) electrons. The van der Waals surface area contributed by atoms with Crippen molar-refractivity contribution in [1.29, 1.82) is 0 Å². The maximum atomic E-state index is 12.4. The summed E-state index contributed by atoms with van der Waals surface area (Å²) in [5.41, 5.74) is 1.18. The third kappa shape index (κ3) is 3.43. The fourth-order valence-corrected chi connectivity index (χ4v) is 3.28. The van der Waals surface area contributed by atoms with Crippen LogP contribution in [0.2, 0.25) is 0 Å². The molecule has 0 spiro atoms. The van der Waals surface area contributed by atoms with Gasteiger partial charge in [-0.2, -0.15) is 0 Å². The summed E-state index contributed by atoms with van der Waals surface area (Å²) in [5, 5.41) is 9.29. The van der Waals surface area contributed by atoms with Crippen molar-refractivity contribution in [3.63, 3.8) is 0 Å². The molecule has 0 amide bonds. The van der Waals surface area contributed by atoms with Gasteiger partial charge in [0.25, 0.3) is 0 Å². The molecule has 0 saturated heterocycles. The number of benzene rings is 2. The van der Waals surface area contributed by atoms with Crippen LogP contribution in [0.25, 0.3) is 0 Å². The molecule has 0 bridgehead atoms. The molecular weight excluding hydrogens is 296 g/mol. The van der Waals surface area contributed by atoms with E-state index in [2.05, 4.69) is 17.1 Å². The quantitative estimate of drug-likeness (QED) is 0.788. The number of aromatic hydroxyl groups is 1. The van der Waals surface area contributed by atoms with E-state index in [1.165, 1.54) is 5.56 Å². The predicted octanol–water partition coefficient (Wildman–Crippen LogP) is 2.94. The molecule has 22 heavy (non-hydrogen) atoms. The van der Waals surface area contributed by atoms with Gasteiger partial charge >= 0.3 is 0 Å². The lowest BCUT2D eigenvalue weighted by atomic mass is 10.2. The van der Waals surface area contributed by atoms with Gasteiger partial charge in [-0.3, -0.25) is 4.21 Å². The van der Waals surface area contributed by atoms with Crippen LogP contribution in [0, 0.1) is 0 Å². The van der Waals surface area contributed by atoms with E-state index in [1.54, 1.807) is 30.5 Å². The molecule has 1 heterocycles. The minimum absolute atomic E-state index is 0.173. The highest BCUT2D eigenvalue weighted by Gasteiger charge is 2.10. The van der Waals surface area contributed by atoms with E-state index in [9.17, 15) is 9.32 Å². The average molecular weight is 312 g/mol. The predicted molar refractivity (Wildman–Crippen MR) is 86.0 cm³/mol. The van der Waals surface area contributed by atoms with Crippen molar-refractivity contribution >= 4 is 10.8 Å². The zero-order chi connectivity index (χ0) is 15.4. The van der Waals surface area contributed by atoms with Crippen LogP contribution >= 0.6 is 0 Å². The van der Waals surface area contributed by atoms with Crippen molar-refractivity contribution in [3.05, 3.63) is 78.4 Å². The van der Waals surface area contributed by atoms with Gasteiger partial charge in [-0.15, -0.1) is 0 Å². The average Bonchev–Trinajstić information content (AvgIpc) is 2.96. The first-order valence-electron chi connectivity index (χ1n) is 6.94. The highest BCUT2D eigenvalue weighted by atomic mass is 32.2. The number of aromatic nitrogens is 2. The van der Waals surface area contributed by atoms with Gasteiger partial charge in [0, 0.05) is 23.8 Å². The second-order valence-corrected chi connectivity index (χ2v) is 6.39. The van der Waals surface area contributed by atoms with Crippen molar-refractivity contribution in [2.45, 2.75) is 17.2 Å². The van der Waals surface area contributed by atoms with Gasteiger partial charge < -0.3 is 9.67 Å². The molecule has 5 heteroatoms. The number of phenols is 1. The van der Waals surface area contributed by atoms with E-state index in [-0.39, 0.29) is 5.75 Å². The minimum Gasteiger partial charge on any atom is -0.508 e. The standard InChI is InChI=1S/C17H16N2O2S/c20-15-6-8-16(9-7-15)22(21)13-17-18-10-11-19(17)12-14-4-2-1-3-5-14/h1-11,20H,12-13H2/t22-/m0/s1. The molecule has 1 aromatic heterocycles. The Morgan fingerprint density at radius 1 is 1.05 bits per heavy atom. The SMILES string of the molecule is O=[S@@](Cc1nccn1Cc1ccccc1)c1ccc(O)cc1. The Morgan fingerprint density at radius 2 is 1.77 bits per heavy atom. The Morgan fingerprint density at radius 3 is 2.50 bits per heavy atom. The van der Waals surface area contributed by atoms with E-state index in [0.29, 0.717) is 17.2 Å². The second-order valence-electron chi connectivity index (χ2n) is 4.94. The number of rotatable bonds is 5. The Labute approximate surface area is 131 Å². The molecule has 0 saturated carbocycles. The monoisotopic (exact) mass is 312 g/mol. The van der Waals surface area contributed by atoms with E-state index in [1.807, 2.05) is 29.0 Å². The largest absolute Gasteiger partial charge is 0.508 e. The number of hydrogen-bond donors (Lipinski definition) is 1. The Hall–Kier alpha value is -2.40. The Bertz CT molecular complexity index is 767. The lowest BCUT2D eigenvalue weighted by molar-refractivity contribution is 0.475. The van der Waals surface area contributed by atoms with Crippen molar-refractivity contribution < 1.29 is 9.32 Å². The molecule has 0 fully saturated rings. The minimum atomic E-state index is -1.18. The van der Waals surface area contributed by atoms with Gasteiger partial charge in [0.15, 0.2) is 0 Å². The summed E-state index contributed by atoms with van der Waals surface area (Å²) in [4.78, 5) is 5.00. The summed E-state index contributed by atoms with van der Waals surface area (Å²) < 4.78 is 14.4. The molecule has 0 aliphatic carbocycles. The third-order valence-electron chi connectivity index (χ3n) is 3.36. The lowest BCUT2D eigenvalue weighted by Gasteiger charge is -2.08. The first kappa shape index (κ1) is 14.5. The van der Waals surface area contributed by atoms with Gasteiger partial charge in [-0.05, 0) is 29.8 Å². The number of nitrogens with zero attached hydrogens (tertiary/aromatic N) is 2. The molecule has 112 valence electrons. The molecule has 3 aromatic rings. The fraction of sp³-hybridized carbons (Fsp3) is 0.118. The smallest absolute Gasteiger partial charge is 0.121 e. The van der Waals surface area contributed by atoms with E-state index in [0.717, 1.165) is 5.82 Å². The summed E-state index contributed by atoms with van der Waals surface area (Å²) in [6.07, 6.45) is 3.63. The van der Waals surface area contributed by atoms with E-state index >= 15 is 0 Å². The molecule has 4 nitrogen and oxygen atoms in total. The van der Waals surface area contributed by atoms with Crippen LogP contribution in [0.1, 0.15) is 11.4 Å². The van der Waals surface area contributed by atoms with Crippen molar-refractivity contribution in [3.8, 4) is 5.75 Å². The van der Waals surface area contributed by atoms with Crippen LogP contribution in [0.15, 0.2) is 71.9 Å². The molecule has 0 aliphatic heterocycles. The summed E-state index contributed by atoms with van der Waals surface area (Å²) in [7, 11) is -1.18. The van der Waals surface area contributed by atoms with Gasteiger partial charge in [0.2, 0.25) is 0 Å². The summed E-state index contributed by atoms with van der Waals surface area (Å²) in [6.45, 7) is 0.711. The van der Waals surface area contributed by atoms with Crippen LogP contribution in [-0.2, 0) is 23.1 Å². The highest BCUT2D eigenvalue weighted by molar-refractivity contribution is 7.84. The van der Waals surface area contributed by atoms with Crippen molar-refractivity contribution in [2.75, 3.05) is 0 Å². The number of phenolic OH excluding ortho intramolecular Hbond substituents is 1. The first-order valence-corrected chi connectivity index (χ1v) is 8.25. The number of imidazole rings is 1. The van der Waals surface area contributed by atoms with Gasteiger partial charge in [-0.25, -0.2) is 4.98 Å². The summed E-state index contributed by atoms with van der Waals surface area (Å²) in [5.74, 6) is 1.31. The molecule has 0 unspecified atom stereocenters. The van der Waals surface area contributed by atoms with E-state index < -0.39 is 10.8 Å². The molecule has 0 aliphatic rings. The first-order chi connectivity index (χ1) is 10.7. The third-order valence-corrected chi connectivity index (χ3v) is 4.68. The zero-order valence-corrected chi connectivity index (χ0v) is 12.7. The summed E-state index contributed by atoms with van der Waals surface area (Å²) >= 11 is 0. The van der Waals surface area contributed by atoms with Gasteiger partial charge in [0.1, 0.15) is 11.6 Å². The maximum absolute atomic E-state index is 12.4. The van der Waals surface area contributed by atoms with Gasteiger partial charge in [-0.1, -0.05) is 30.3 Å². The van der Waals surface area contributed by atoms with Crippen LogP contribution in [0.3, 0.4) is 0 Å². The Balaban J connectivity index is 1.75. The molecular formula is C17H16N2O2S. The molecule has 2 aromatic carbocycles. The van der Waals surface area contributed by atoms with Crippen molar-refractivity contribution in [1.82, 2.24) is 9.55 Å². The maximum Gasteiger partial charge on any atom is 0.121 e. The molecule has 1 N–H and O–H groups in total. The Kier molecular flexibility index (Phi) is 4.34. The van der Waals surface area contributed by atoms with Crippen molar-refractivity contribution in [2.24, 2.45) is 0 Å². The zero-order valence-electron chi connectivity index (χ0n) is 11.9. The second kappa shape index (κ2) is 6.58. The van der Waals surface area contributed by atoms with Gasteiger partial charge in [0.05, 0.1) is 16.6 Å².